The zero-order chi connectivity index (χ0) is 16.3. The van der Waals surface area contributed by atoms with Gasteiger partial charge in [-0.15, -0.1) is 0 Å². The highest BCUT2D eigenvalue weighted by molar-refractivity contribution is 9.10. The van der Waals surface area contributed by atoms with Gasteiger partial charge in [-0.1, -0.05) is 39.7 Å². The number of carbonyl (C=O) groups is 1. The summed E-state index contributed by atoms with van der Waals surface area (Å²) in [5.41, 5.74) is 0.373. The molecule has 0 unspecified atom stereocenters. The van der Waals surface area contributed by atoms with Crippen molar-refractivity contribution in [2.24, 2.45) is 0 Å². The number of non-ortho nitro benzene ring substituents is 1. The van der Waals surface area contributed by atoms with E-state index >= 15 is 0 Å². The van der Waals surface area contributed by atoms with E-state index in [9.17, 15) is 14.9 Å². The summed E-state index contributed by atoms with van der Waals surface area (Å²) in [5, 5.41) is 10.7. The Morgan fingerprint density at radius 2 is 1.91 bits per heavy atom. The number of nitro benzene ring substituents is 1. The van der Waals surface area contributed by atoms with Gasteiger partial charge >= 0.3 is 0 Å². The maximum Gasteiger partial charge on any atom is 0.271 e. The maximum absolute atomic E-state index is 12.3. The lowest BCUT2D eigenvalue weighted by molar-refractivity contribution is -0.384. The van der Waals surface area contributed by atoms with Crippen molar-refractivity contribution in [2.45, 2.75) is 13.0 Å². The number of ketones is 1. The van der Waals surface area contributed by atoms with Crippen LogP contribution in [0.1, 0.15) is 17.3 Å². The minimum Gasteiger partial charge on any atom is -0.481 e. The number of nitro groups is 1. The first-order chi connectivity index (χ1) is 10.4. The molecule has 0 saturated carbocycles. The molecule has 5 nitrogen and oxygen atoms in total. The minimum atomic E-state index is -0.764. The number of hydrogen-bond acceptors (Lipinski definition) is 4. The van der Waals surface area contributed by atoms with Crippen molar-refractivity contribution < 1.29 is 14.5 Å². The van der Waals surface area contributed by atoms with Gasteiger partial charge in [0, 0.05) is 22.2 Å². The van der Waals surface area contributed by atoms with E-state index < -0.39 is 11.0 Å². The van der Waals surface area contributed by atoms with Crippen molar-refractivity contribution in [2.75, 3.05) is 0 Å². The summed E-state index contributed by atoms with van der Waals surface area (Å²) >= 11 is 9.24. The van der Waals surface area contributed by atoms with Gasteiger partial charge in [-0.25, -0.2) is 0 Å². The third-order valence-corrected chi connectivity index (χ3v) is 3.75. The molecular weight excluding hydrogens is 374 g/mol. The van der Waals surface area contributed by atoms with Crippen molar-refractivity contribution in [3.63, 3.8) is 0 Å². The summed E-state index contributed by atoms with van der Waals surface area (Å²) in [7, 11) is 0. The third-order valence-electron chi connectivity index (χ3n) is 2.93. The van der Waals surface area contributed by atoms with Crippen LogP contribution in [0.15, 0.2) is 46.9 Å². The van der Waals surface area contributed by atoms with Gasteiger partial charge in [-0.3, -0.25) is 14.9 Å². The molecule has 0 spiro atoms. The summed E-state index contributed by atoms with van der Waals surface area (Å²) in [6.07, 6.45) is -0.764. The molecule has 1 atom stereocenters. The summed E-state index contributed by atoms with van der Waals surface area (Å²) in [6.45, 7) is 1.60. The van der Waals surface area contributed by atoms with Crippen LogP contribution in [0.3, 0.4) is 0 Å². The number of ether oxygens (including phenoxy) is 1. The van der Waals surface area contributed by atoms with Crippen molar-refractivity contribution in [1.29, 1.82) is 0 Å². The number of hydrogen-bond donors (Lipinski definition) is 0. The van der Waals surface area contributed by atoms with Crippen molar-refractivity contribution >= 4 is 39.0 Å². The quantitative estimate of drug-likeness (QED) is 0.427. The number of carbonyl (C=O) groups excluding carboxylic acids is 1. The van der Waals surface area contributed by atoms with Crippen molar-refractivity contribution in [1.82, 2.24) is 0 Å². The van der Waals surface area contributed by atoms with Gasteiger partial charge in [0.1, 0.15) is 5.75 Å². The Balaban J connectivity index is 2.14. The Bertz CT molecular complexity index is 718. The summed E-state index contributed by atoms with van der Waals surface area (Å²) in [6, 6.07) is 10.7. The largest absolute Gasteiger partial charge is 0.481 e. The second kappa shape index (κ2) is 6.89. The highest BCUT2D eigenvalue weighted by Crippen LogP contribution is 2.29. The SMILES string of the molecule is C[C@@H](Oc1ccc([N+](=O)[O-])cc1Cl)C(=O)c1ccc(Br)cc1. The molecule has 22 heavy (non-hydrogen) atoms. The van der Waals surface area contributed by atoms with Crippen molar-refractivity contribution in [3.05, 3.63) is 67.6 Å². The van der Waals surface area contributed by atoms with Crippen LogP contribution in [-0.2, 0) is 0 Å². The second-order valence-corrected chi connectivity index (χ2v) is 5.83. The lowest BCUT2D eigenvalue weighted by atomic mass is 10.1. The standard InChI is InChI=1S/C15H11BrClNO4/c1-9(15(19)10-2-4-11(16)5-3-10)22-14-7-6-12(18(20)21)8-13(14)17/h2-9H,1H3/t9-/m1/s1. The molecule has 2 rings (SSSR count). The van der Waals surface area contributed by atoms with Crippen LogP contribution >= 0.6 is 27.5 Å². The molecule has 0 heterocycles. The van der Waals surface area contributed by atoms with E-state index in [-0.39, 0.29) is 22.2 Å². The predicted molar refractivity (Wildman–Crippen MR) is 86.7 cm³/mol. The van der Waals surface area contributed by atoms with E-state index in [4.69, 9.17) is 16.3 Å². The van der Waals surface area contributed by atoms with Gasteiger partial charge in [0.15, 0.2) is 6.10 Å². The van der Waals surface area contributed by atoms with Gasteiger partial charge < -0.3 is 4.74 Å². The fourth-order valence-corrected chi connectivity index (χ4v) is 2.28. The fraction of sp³-hybridized carbons (Fsp3) is 0.133. The van der Waals surface area contributed by atoms with Crippen molar-refractivity contribution in [3.8, 4) is 5.75 Å². The maximum atomic E-state index is 12.3. The molecule has 0 aliphatic heterocycles. The molecule has 0 N–H and O–H groups in total. The lowest BCUT2D eigenvalue weighted by Crippen LogP contribution is -2.24. The molecule has 0 amide bonds. The molecule has 0 aliphatic rings. The van der Waals surface area contributed by atoms with Gasteiger partial charge in [-0.2, -0.15) is 0 Å². The van der Waals surface area contributed by atoms with E-state index in [1.54, 1.807) is 31.2 Å². The van der Waals surface area contributed by atoms with E-state index in [0.717, 1.165) is 4.47 Å². The van der Waals surface area contributed by atoms with Crippen LogP contribution in [0, 0.1) is 10.1 Å². The first-order valence-electron chi connectivity index (χ1n) is 6.29. The van der Waals surface area contributed by atoms with E-state index in [1.807, 2.05) is 0 Å². The Morgan fingerprint density at radius 1 is 1.27 bits per heavy atom. The molecule has 0 fully saturated rings. The van der Waals surface area contributed by atoms with Gasteiger partial charge in [0.2, 0.25) is 5.78 Å². The topological polar surface area (TPSA) is 69.4 Å². The Hall–Kier alpha value is -1.92. The molecule has 2 aromatic rings. The third kappa shape index (κ3) is 3.84. The van der Waals surface area contributed by atoms with Gasteiger partial charge in [0.05, 0.1) is 9.95 Å². The van der Waals surface area contributed by atoms with Gasteiger partial charge in [-0.05, 0) is 25.1 Å². The van der Waals surface area contributed by atoms with E-state index in [0.29, 0.717) is 5.56 Å². The number of benzene rings is 2. The molecule has 0 aliphatic carbocycles. The van der Waals surface area contributed by atoms with Crippen LogP contribution in [-0.4, -0.2) is 16.8 Å². The highest BCUT2D eigenvalue weighted by atomic mass is 79.9. The number of halogens is 2. The lowest BCUT2D eigenvalue weighted by Gasteiger charge is -2.14. The average molecular weight is 385 g/mol. The molecular formula is C15H11BrClNO4. The predicted octanol–water partition coefficient (Wildman–Crippen LogP) is 4.66. The van der Waals surface area contributed by atoms with Crippen LogP contribution in [0.2, 0.25) is 5.02 Å². The summed E-state index contributed by atoms with van der Waals surface area (Å²) in [4.78, 5) is 22.4. The molecule has 0 aromatic heterocycles. The molecule has 0 radical (unpaired) electrons. The van der Waals surface area contributed by atoms with Crippen LogP contribution in [0.5, 0.6) is 5.75 Å². The van der Waals surface area contributed by atoms with Crippen LogP contribution < -0.4 is 4.74 Å². The van der Waals surface area contributed by atoms with Crippen LogP contribution in [0.4, 0.5) is 5.69 Å². The molecule has 0 bridgehead atoms. The minimum absolute atomic E-state index is 0.0876. The van der Waals surface area contributed by atoms with Crippen LogP contribution in [0.25, 0.3) is 0 Å². The normalized spacial score (nSPS) is 11.8. The molecule has 2 aromatic carbocycles. The zero-order valence-electron chi connectivity index (χ0n) is 11.5. The molecule has 7 heteroatoms. The second-order valence-electron chi connectivity index (χ2n) is 4.50. The fourth-order valence-electron chi connectivity index (χ4n) is 1.79. The average Bonchev–Trinajstić information content (AvgIpc) is 2.49. The first kappa shape index (κ1) is 16.5. The summed E-state index contributed by atoms with van der Waals surface area (Å²) < 4.78 is 6.38. The zero-order valence-corrected chi connectivity index (χ0v) is 13.8. The van der Waals surface area contributed by atoms with E-state index in [1.165, 1.54) is 18.2 Å². The van der Waals surface area contributed by atoms with E-state index in [2.05, 4.69) is 15.9 Å². The monoisotopic (exact) mass is 383 g/mol. The Kier molecular flexibility index (Phi) is 5.15. The molecule has 0 saturated heterocycles. The Morgan fingerprint density at radius 3 is 2.45 bits per heavy atom. The number of nitrogens with zero attached hydrogens (tertiary/aromatic N) is 1. The number of rotatable bonds is 5. The molecule has 114 valence electrons. The highest BCUT2D eigenvalue weighted by Gasteiger charge is 2.19. The first-order valence-corrected chi connectivity index (χ1v) is 7.46. The Labute approximate surface area is 140 Å². The van der Waals surface area contributed by atoms with Gasteiger partial charge in [0.25, 0.3) is 5.69 Å². The number of Topliss-reactive ketones (excluding diaryl/α,β-unsaturated/α-hetero) is 1. The smallest absolute Gasteiger partial charge is 0.271 e. The summed E-state index contributed by atoms with van der Waals surface area (Å²) in [5.74, 6) is 0.0205.